The first kappa shape index (κ1) is 20.2. The summed E-state index contributed by atoms with van der Waals surface area (Å²) in [7, 11) is 1.59. The highest BCUT2D eigenvalue weighted by molar-refractivity contribution is 6.07. The van der Waals surface area contributed by atoms with E-state index in [1.807, 2.05) is 43.3 Å². The van der Waals surface area contributed by atoms with E-state index in [9.17, 15) is 9.59 Å². The Kier molecular flexibility index (Phi) is 5.90. The van der Waals surface area contributed by atoms with Crippen LogP contribution in [0.2, 0.25) is 0 Å². The van der Waals surface area contributed by atoms with Crippen molar-refractivity contribution >= 4 is 39.5 Å². The van der Waals surface area contributed by atoms with Crippen LogP contribution in [0, 0.1) is 5.92 Å². The van der Waals surface area contributed by atoms with E-state index in [-0.39, 0.29) is 17.8 Å². The molecule has 0 spiro atoms. The standard InChI is InChI=1S/C23H26N2O5/c1-3-29-23(27)15-8-10-25(11-9-15)14-22(26)24-18-13-20-17(12-21(18)28-2)16-6-4-5-7-19(16)30-20/h4-7,12-13,15H,3,8-11,14H2,1-2H3,(H,24,26)/p+1. The number of esters is 1. The molecule has 2 N–H and O–H groups in total. The fourth-order valence-corrected chi connectivity index (χ4v) is 4.14. The van der Waals surface area contributed by atoms with Gasteiger partial charge in [-0.25, -0.2) is 0 Å². The molecule has 1 saturated heterocycles. The van der Waals surface area contributed by atoms with E-state index in [0.29, 0.717) is 30.2 Å². The Bertz CT molecular complexity index is 1070. The summed E-state index contributed by atoms with van der Waals surface area (Å²) in [6, 6.07) is 11.5. The number of rotatable bonds is 6. The van der Waals surface area contributed by atoms with Crippen molar-refractivity contribution < 1.29 is 28.4 Å². The zero-order valence-electron chi connectivity index (χ0n) is 17.3. The molecule has 30 heavy (non-hydrogen) atoms. The maximum atomic E-state index is 12.7. The van der Waals surface area contributed by atoms with Gasteiger partial charge < -0.3 is 24.1 Å². The number of anilines is 1. The second-order valence-electron chi connectivity index (χ2n) is 7.65. The second-order valence-corrected chi connectivity index (χ2v) is 7.65. The van der Waals surface area contributed by atoms with Crippen LogP contribution in [-0.2, 0) is 14.3 Å². The molecule has 1 amide bonds. The Balaban J connectivity index is 1.43. The van der Waals surface area contributed by atoms with Crippen LogP contribution in [0.25, 0.3) is 21.9 Å². The number of para-hydroxylation sites is 1. The minimum absolute atomic E-state index is 0.0488. The van der Waals surface area contributed by atoms with Crippen LogP contribution < -0.4 is 15.0 Å². The molecule has 0 aliphatic carbocycles. The van der Waals surface area contributed by atoms with Crippen molar-refractivity contribution in [3.05, 3.63) is 36.4 Å². The van der Waals surface area contributed by atoms with Crippen molar-refractivity contribution in [2.24, 2.45) is 5.92 Å². The number of carbonyl (C=O) groups is 2. The quantitative estimate of drug-likeness (QED) is 0.609. The summed E-state index contributed by atoms with van der Waals surface area (Å²) >= 11 is 0. The molecule has 2 aromatic carbocycles. The van der Waals surface area contributed by atoms with Crippen LogP contribution >= 0.6 is 0 Å². The maximum Gasteiger partial charge on any atom is 0.309 e. The van der Waals surface area contributed by atoms with Crippen molar-refractivity contribution in [1.82, 2.24) is 0 Å². The second kappa shape index (κ2) is 8.75. The predicted molar refractivity (Wildman–Crippen MR) is 114 cm³/mol. The van der Waals surface area contributed by atoms with E-state index in [2.05, 4.69) is 5.32 Å². The van der Waals surface area contributed by atoms with Gasteiger partial charge in [0.1, 0.15) is 16.9 Å². The molecule has 0 bridgehead atoms. The number of benzene rings is 2. The van der Waals surface area contributed by atoms with Crippen molar-refractivity contribution in [2.45, 2.75) is 19.8 Å². The fourth-order valence-electron chi connectivity index (χ4n) is 4.14. The zero-order chi connectivity index (χ0) is 21.1. The van der Waals surface area contributed by atoms with E-state index in [1.165, 1.54) is 0 Å². The Hall–Kier alpha value is -3.06. The van der Waals surface area contributed by atoms with Gasteiger partial charge in [-0.3, -0.25) is 9.59 Å². The van der Waals surface area contributed by atoms with Gasteiger partial charge >= 0.3 is 5.97 Å². The molecule has 1 aromatic heterocycles. The third-order valence-electron chi connectivity index (χ3n) is 5.70. The number of piperidine rings is 1. The topological polar surface area (TPSA) is 82.2 Å². The van der Waals surface area contributed by atoms with Crippen LogP contribution in [-0.4, -0.2) is 45.2 Å². The van der Waals surface area contributed by atoms with Gasteiger partial charge in [-0.05, 0) is 19.1 Å². The molecule has 1 aliphatic heterocycles. The van der Waals surface area contributed by atoms with Crippen LogP contribution in [0.4, 0.5) is 5.69 Å². The SMILES string of the molecule is CCOC(=O)C1CC[NH+](CC(=O)Nc2cc3oc4ccccc4c3cc2OC)CC1. The summed E-state index contributed by atoms with van der Waals surface area (Å²) in [6.45, 7) is 4.12. The Morgan fingerprint density at radius 1 is 1.13 bits per heavy atom. The molecule has 1 fully saturated rings. The third kappa shape index (κ3) is 4.11. The smallest absolute Gasteiger partial charge is 0.309 e. The minimum atomic E-state index is -0.120. The molecule has 0 atom stereocenters. The Labute approximate surface area is 174 Å². The number of fused-ring (bicyclic) bond motifs is 3. The van der Waals surface area contributed by atoms with Crippen molar-refractivity contribution in [3.8, 4) is 5.75 Å². The van der Waals surface area contributed by atoms with Crippen molar-refractivity contribution in [2.75, 3.05) is 38.7 Å². The van der Waals surface area contributed by atoms with Crippen molar-refractivity contribution in [1.29, 1.82) is 0 Å². The number of ether oxygens (including phenoxy) is 2. The van der Waals surface area contributed by atoms with Gasteiger partial charge in [0.2, 0.25) is 0 Å². The Morgan fingerprint density at radius 2 is 1.90 bits per heavy atom. The molecule has 1 aliphatic rings. The Morgan fingerprint density at radius 3 is 2.63 bits per heavy atom. The van der Waals surface area contributed by atoms with Gasteiger partial charge in [-0.2, -0.15) is 0 Å². The first-order chi connectivity index (χ1) is 14.6. The number of furan rings is 1. The molecule has 0 unspecified atom stereocenters. The van der Waals surface area contributed by atoms with Gasteiger partial charge in [0, 0.05) is 29.7 Å². The monoisotopic (exact) mass is 411 g/mol. The summed E-state index contributed by atoms with van der Waals surface area (Å²) in [5.74, 6) is 0.337. The van der Waals surface area contributed by atoms with Crippen LogP contribution in [0.1, 0.15) is 19.8 Å². The number of hydrogen-bond donors (Lipinski definition) is 2. The molecule has 4 rings (SSSR count). The van der Waals surface area contributed by atoms with Gasteiger partial charge in [0.05, 0.1) is 38.4 Å². The fraction of sp³-hybridized carbons (Fsp3) is 0.391. The van der Waals surface area contributed by atoms with Gasteiger partial charge in [0.15, 0.2) is 6.54 Å². The molecular weight excluding hydrogens is 384 g/mol. The number of amides is 1. The first-order valence-electron chi connectivity index (χ1n) is 10.4. The summed E-state index contributed by atoms with van der Waals surface area (Å²) in [5.41, 5.74) is 2.09. The maximum absolute atomic E-state index is 12.7. The summed E-state index contributed by atoms with van der Waals surface area (Å²) in [5, 5.41) is 4.93. The molecule has 3 aromatic rings. The van der Waals surface area contributed by atoms with Crippen LogP contribution in [0.3, 0.4) is 0 Å². The highest BCUT2D eigenvalue weighted by Gasteiger charge is 2.29. The molecule has 0 saturated carbocycles. The number of likely N-dealkylation sites (tertiary alicyclic amines) is 1. The van der Waals surface area contributed by atoms with Crippen LogP contribution in [0.5, 0.6) is 5.75 Å². The molecule has 2 heterocycles. The number of hydrogen-bond acceptors (Lipinski definition) is 5. The lowest BCUT2D eigenvalue weighted by atomic mass is 9.97. The molecule has 158 valence electrons. The minimum Gasteiger partial charge on any atom is -0.495 e. The van der Waals surface area contributed by atoms with Gasteiger partial charge in [-0.1, -0.05) is 18.2 Å². The van der Waals surface area contributed by atoms with E-state index in [0.717, 1.165) is 47.2 Å². The predicted octanol–water partition coefficient (Wildman–Crippen LogP) is 2.39. The highest BCUT2D eigenvalue weighted by Crippen LogP contribution is 2.36. The number of quaternary nitrogens is 1. The van der Waals surface area contributed by atoms with E-state index >= 15 is 0 Å². The lowest BCUT2D eigenvalue weighted by Crippen LogP contribution is -3.14. The van der Waals surface area contributed by atoms with E-state index in [1.54, 1.807) is 7.11 Å². The molecule has 7 nitrogen and oxygen atoms in total. The summed E-state index contributed by atoms with van der Waals surface area (Å²) < 4.78 is 16.5. The highest BCUT2D eigenvalue weighted by atomic mass is 16.5. The number of carbonyl (C=O) groups excluding carboxylic acids is 2. The molecule has 7 heteroatoms. The van der Waals surface area contributed by atoms with E-state index in [4.69, 9.17) is 13.9 Å². The van der Waals surface area contributed by atoms with Crippen molar-refractivity contribution in [3.63, 3.8) is 0 Å². The van der Waals surface area contributed by atoms with Gasteiger partial charge in [0.25, 0.3) is 5.91 Å². The van der Waals surface area contributed by atoms with E-state index < -0.39 is 0 Å². The van der Waals surface area contributed by atoms with Crippen LogP contribution in [0.15, 0.2) is 40.8 Å². The largest absolute Gasteiger partial charge is 0.495 e. The first-order valence-corrected chi connectivity index (χ1v) is 10.4. The third-order valence-corrected chi connectivity index (χ3v) is 5.70. The number of methoxy groups -OCH3 is 1. The number of nitrogens with one attached hydrogen (secondary N) is 2. The lowest BCUT2D eigenvalue weighted by Gasteiger charge is -2.27. The molecule has 0 radical (unpaired) electrons. The average molecular weight is 411 g/mol. The average Bonchev–Trinajstić information content (AvgIpc) is 3.11. The zero-order valence-corrected chi connectivity index (χ0v) is 17.3. The summed E-state index contributed by atoms with van der Waals surface area (Å²) in [4.78, 5) is 25.7. The molecular formula is C23H27N2O5+. The normalized spacial score (nSPS) is 19.0. The summed E-state index contributed by atoms with van der Waals surface area (Å²) in [6.07, 6.45) is 1.49. The van der Waals surface area contributed by atoms with Gasteiger partial charge in [-0.15, -0.1) is 0 Å². The lowest BCUT2D eigenvalue weighted by molar-refractivity contribution is -0.897.